The number of nitrogens with zero attached hydrogens (tertiary/aromatic N) is 1. The van der Waals surface area contributed by atoms with Crippen LogP contribution in [0.2, 0.25) is 0 Å². The molecule has 0 amide bonds. The molecule has 0 radical (unpaired) electrons. The smallest absolute Gasteiger partial charge is 0.358 e. The number of aryl methyl sites for hydroxylation is 1. The summed E-state index contributed by atoms with van der Waals surface area (Å²) in [4.78, 5) is 11.1. The average Bonchev–Trinajstić information content (AvgIpc) is 2.70. The molecule has 0 atom stereocenters. The molecule has 1 aromatic heterocycles. The van der Waals surface area contributed by atoms with Crippen LogP contribution in [0, 0.1) is 11.7 Å². The van der Waals surface area contributed by atoms with Gasteiger partial charge in [0.25, 0.3) is 0 Å². The molecule has 0 bridgehead atoms. The molecule has 2 rings (SSSR count). The molecule has 0 unspecified atom stereocenters. The van der Waals surface area contributed by atoms with E-state index in [9.17, 15) is 17.6 Å². The number of sulfonamides is 1. The summed E-state index contributed by atoms with van der Waals surface area (Å²) in [6.45, 7) is 1.64. The van der Waals surface area contributed by atoms with Gasteiger partial charge in [0.2, 0.25) is 10.0 Å². The highest BCUT2D eigenvalue weighted by atomic mass is 32.2. The molecule has 0 aromatic carbocycles. The Morgan fingerprint density at radius 1 is 1.55 bits per heavy atom. The zero-order valence-electron chi connectivity index (χ0n) is 12.4. The molecule has 0 aliphatic heterocycles. The van der Waals surface area contributed by atoms with Gasteiger partial charge in [-0.05, 0) is 25.7 Å². The zero-order valence-corrected chi connectivity index (χ0v) is 13.2. The van der Waals surface area contributed by atoms with Gasteiger partial charge < -0.3 is 14.4 Å². The molecule has 9 heteroatoms. The summed E-state index contributed by atoms with van der Waals surface area (Å²) in [5.74, 6) is -1.96. The summed E-state index contributed by atoms with van der Waals surface area (Å²) in [7, 11) is -2.69. The van der Waals surface area contributed by atoms with Gasteiger partial charge in [-0.2, -0.15) is 0 Å². The van der Waals surface area contributed by atoms with Gasteiger partial charge in [-0.3, -0.25) is 0 Å². The number of rotatable bonds is 6. The number of aliphatic hydroxyl groups excluding tert-OH is 1. The summed E-state index contributed by atoms with van der Waals surface area (Å²) in [6.07, 6.45) is 2.07. The molecule has 0 saturated heterocycles. The molecular weight excluding hydrogens is 315 g/mol. The van der Waals surface area contributed by atoms with Gasteiger partial charge in [-0.1, -0.05) is 0 Å². The summed E-state index contributed by atoms with van der Waals surface area (Å²) >= 11 is 0. The second-order valence-electron chi connectivity index (χ2n) is 5.33. The van der Waals surface area contributed by atoms with Gasteiger partial charge in [0.15, 0.2) is 11.5 Å². The molecule has 1 aliphatic carbocycles. The minimum Gasteiger partial charge on any atom is -0.461 e. The largest absolute Gasteiger partial charge is 0.461 e. The van der Waals surface area contributed by atoms with Crippen molar-refractivity contribution in [1.82, 2.24) is 9.29 Å². The van der Waals surface area contributed by atoms with E-state index in [1.165, 1.54) is 7.05 Å². The first-order valence-corrected chi connectivity index (χ1v) is 8.43. The Hall–Kier alpha value is -1.45. The monoisotopic (exact) mass is 334 g/mol. The number of hydrogen-bond donors (Lipinski definition) is 2. The molecule has 1 aliphatic rings. The van der Waals surface area contributed by atoms with Crippen LogP contribution in [0.3, 0.4) is 0 Å². The Bertz CT molecular complexity index is 664. The number of esters is 1. The minimum atomic E-state index is -4.07. The molecular formula is C13H19FN2O5S. The zero-order chi connectivity index (χ0) is 16.5. The van der Waals surface area contributed by atoms with E-state index in [-0.39, 0.29) is 25.2 Å². The van der Waals surface area contributed by atoms with Crippen LogP contribution in [0.25, 0.3) is 0 Å². The van der Waals surface area contributed by atoms with Crippen LogP contribution in [-0.2, 0) is 21.8 Å². The van der Waals surface area contributed by atoms with Crippen molar-refractivity contribution in [3.8, 4) is 0 Å². The third-order valence-electron chi connectivity index (χ3n) is 3.66. The first-order valence-electron chi connectivity index (χ1n) is 6.95. The second-order valence-corrected chi connectivity index (χ2v) is 7.01. The lowest BCUT2D eigenvalue weighted by atomic mass is 9.82. The predicted molar refractivity (Wildman–Crippen MR) is 75.2 cm³/mol. The molecule has 0 spiro atoms. The van der Waals surface area contributed by atoms with Gasteiger partial charge >= 0.3 is 5.97 Å². The third kappa shape index (κ3) is 3.16. The van der Waals surface area contributed by atoms with Crippen LogP contribution in [-0.4, -0.2) is 43.3 Å². The van der Waals surface area contributed by atoms with Crippen LogP contribution >= 0.6 is 0 Å². The number of halogens is 1. The predicted octanol–water partition coefficient (Wildman–Crippen LogP) is 0.390. The highest BCUT2D eigenvalue weighted by molar-refractivity contribution is 7.89. The molecule has 2 N–H and O–H groups in total. The number of hydrogen-bond acceptors (Lipinski definition) is 5. The van der Waals surface area contributed by atoms with Crippen molar-refractivity contribution in [2.24, 2.45) is 13.0 Å². The van der Waals surface area contributed by atoms with Crippen molar-refractivity contribution in [1.29, 1.82) is 0 Å². The van der Waals surface area contributed by atoms with Crippen molar-refractivity contribution >= 4 is 16.0 Å². The van der Waals surface area contributed by atoms with Gasteiger partial charge in [-0.15, -0.1) is 0 Å². The van der Waals surface area contributed by atoms with Gasteiger partial charge in [0.05, 0.1) is 6.61 Å². The van der Waals surface area contributed by atoms with E-state index in [2.05, 4.69) is 4.72 Å². The molecule has 1 fully saturated rings. The van der Waals surface area contributed by atoms with Crippen molar-refractivity contribution in [3.63, 3.8) is 0 Å². The fourth-order valence-corrected chi connectivity index (χ4v) is 3.84. The van der Waals surface area contributed by atoms with Crippen molar-refractivity contribution in [2.45, 2.75) is 30.7 Å². The van der Waals surface area contributed by atoms with E-state index in [0.29, 0.717) is 12.8 Å². The fourth-order valence-electron chi connectivity index (χ4n) is 2.45. The summed E-state index contributed by atoms with van der Waals surface area (Å²) in [5.41, 5.74) is -0.427. The fraction of sp³-hybridized carbons (Fsp3) is 0.615. The lowest BCUT2D eigenvalue weighted by Gasteiger charge is -2.34. The van der Waals surface area contributed by atoms with E-state index >= 15 is 0 Å². The van der Waals surface area contributed by atoms with Gasteiger partial charge in [0, 0.05) is 25.9 Å². The number of aliphatic hydroxyl groups is 1. The Kier molecular flexibility index (Phi) is 4.88. The molecule has 7 nitrogen and oxygen atoms in total. The number of ether oxygens (including phenoxy) is 1. The van der Waals surface area contributed by atoms with Crippen molar-refractivity contribution in [3.05, 3.63) is 17.7 Å². The lowest BCUT2D eigenvalue weighted by molar-refractivity contribution is 0.0509. The summed E-state index contributed by atoms with van der Waals surface area (Å²) < 4.78 is 46.9. The van der Waals surface area contributed by atoms with Gasteiger partial charge in [-0.25, -0.2) is 22.3 Å². The van der Waals surface area contributed by atoms with Crippen molar-refractivity contribution in [2.75, 3.05) is 13.2 Å². The van der Waals surface area contributed by atoms with Gasteiger partial charge in [0.1, 0.15) is 4.90 Å². The highest BCUT2D eigenvalue weighted by Gasteiger charge is 2.35. The SMILES string of the molecule is CCOC(=O)c1c(F)c(S(=O)(=O)NC2CC(CO)C2)cn1C. The van der Waals surface area contributed by atoms with Crippen LogP contribution in [0.5, 0.6) is 0 Å². The number of carbonyl (C=O) groups is 1. The topological polar surface area (TPSA) is 97.6 Å². The minimum absolute atomic E-state index is 0.00489. The maximum atomic E-state index is 14.3. The van der Waals surface area contributed by atoms with Crippen LogP contribution in [0.1, 0.15) is 30.3 Å². The Morgan fingerprint density at radius 2 is 2.18 bits per heavy atom. The lowest BCUT2D eigenvalue weighted by Crippen LogP contribution is -2.45. The third-order valence-corrected chi connectivity index (χ3v) is 5.17. The molecule has 124 valence electrons. The number of carbonyl (C=O) groups excluding carboxylic acids is 1. The van der Waals surface area contributed by atoms with E-state index in [0.717, 1.165) is 10.8 Å². The van der Waals surface area contributed by atoms with Crippen LogP contribution in [0.15, 0.2) is 11.1 Å². The van der Waals surface area contributed by atoms with Crippen molar-refractivity contribution < 1.29 is 27.4 Å². The summed E-state index contributed by atoms with van der Waals surface area (Å²) in [5, 5.41) is 8.92. The first kappa shape index (κ1) is 16.9. The van der Waals surface area contributed by atoms with E-state index in [1.54, 1.807) is 6.92 Å². The molecule has 1 saturated carbocycles. The Balaban J connectivity index is 2.21. The van der Waals surface area contributed by atoms with Crippen LogP contribution < -0.4 is 4.72 Å². The standard InChI is InChI=1S/C13H19FN2O5S/c1-3-21-13(18)12-11(14)10(6-16(12)2)22(19,20)15-9-4-8(5-9)7-17/h6,8-9,15,17H,3-5,7H2,1-2H3. The number of nitrogens with one attached hydrogen (secondary N) is 1. The quantitative estimate of drug-likeness (QED) is 0.734. The summed E-state index contributed by atoms with van der Waals surface area (Å²) in [6, 6.07) is -0.326. The first-order chi connectivity index (χ1) is 10.3. The average molecular weight is 334 g/mol. The molecule has 1 heterocycles. The maximum Gasteiger partial charge on any atom is 0.358 e. The Morgan fingerprint density at radius 3 is 2.73 bits per heavy atom. The Labute approximate surface area is 128 Å². The molecule has 22 heavy (non-hydrogen) atoms. The van der Waals surface area contributed by atoms with E-state index in [1.807, 2.05) is 0 Å². The molecule has 1 aromatic rings. The van der Waals surface area contributed by atoms with E-state index in [4.69, 9.17) is 9.84 Å². The second kappa shape index (κ2) is 6.35. The maximum absolute atomic E-state index is 14.3. The van der Waals surface area contributed by atoms with E-state index < -0.39 is 32.4 Å². The van der Waals surface area contributed by atoms with Crippen LogP contribution in [0.4, 0.5) is 4.39 Å². The highest BCUT2D eigenvalue weighted by Crippen LogP contribution is 2.29. The number of aromatic nitrogens is 1. The normalized spacial score (nSPS) is 21.5.